The second-order valence-corrected chi connectivity index (χ2v) is 5.95. The van der Waals surface area contributed by atoms with Crippen molar-refractivity contribution in [3.63, 3.8) is 0 Å². The highest BCUT2D eigenvalue weighted by Gasteiger charge is 2.30. The largest absolute Gasteiger partial charge is 0.416 e. The SMILES string of the molecule is CCNC(=NCc1cccc(C(F)(F)F)c1)NCCc1ccc(Cl)nc1.I. The average Bonchev–Trinajstić information content (AvgIpc) is 2.61. The van der Waals surface area contributed by atoms with Crippen LogP contribution in [0.2, 0.25) is 5.15 Å². The second-order valence-electron chi connectivity index (χ2n) is 5.56. The summed E-state index contributed by atoms with van der Waals surface area (Å²) in [5.41, 5.74) is 0.855. The molecule has 0 radical (unpaired) electrons. The molecule has 1 aromatic heterocycles. The molecule has 2 aromatic rings. The summed E-state index contributed by atoms with van der Waals surface area (Å²) in [7, 11) is 0. The van der Waals surface area contributed by atoms with Gasteiger partial charge in [-0.1, -0.05) is 29.8 Å². The molecule has 0 saturated carbocycles. The molecule has 0 saturated heterocycles. The first-order valence-electron chi connectivity index (χ1n) is 8.17. The molecular formula is C18H21ClF3IN4. The number of hydrogen-bond acceptors (Lipinski definition) is 2. The Morgan fingerprint density at radius 2 is 1.93 bits per heavy atom. The molecule has 1 heterocycles. The van der Waals surface area contributed by atoms with E-state index in [1.807, 2.05) is 13.0 Å². The minimum atomic E-state index is -4.35. The van der Waals surface area contributed by atoms with Crippen LogP contribution >= 0.6 is 35.6 Å². The molecule has 1 aromatic carbocycles. The molecule has 0 unspecified atom stereocenters. The van der Waals surface area contributed by atoms with Gasteiger partial charge in [-0.2, -0.15) is 13.2 Å². The standard InChI is InChI=1S/C18H20ClF3N4.HI/c1-2-23-17(24-9-8-13-6-7-16(19)25-11-13)26-12-14-4-3-5-15(10-14)18(20,21)22;/h3-7,10-11H,2,8-9,12H2,1H3,(H2,23,24,26);1H. The zero-order chi connectivity index (χ0) is 19.0. The first kappa shape index (κ1) is 23.5. The molecule has 0 fully saturated rings. The number of nitrogens with zero attached hydrogens (tertiary/aromatic N) is 2. The van der Waals surface area contributed by atoms with E-state index in [0.29, 0.717) is 29.8 Å². The van der Waals surface area contributed by atoms with E-state index >= 15 is 0 Å². The fraction of sp³-hybridized carbons (Fsp3) is 0.333. The Hall–Kier alpha value is -1.55. The highest BCUT2D eigenvalue weighted by atomic mass is 127. The van der Waals surface area contributed by atoms with Gasteiger partial charge in [0.15, 0.2) is 5.96 Å². The van der Waals surface area contributed by atoms with Crippen molar-refractivity contribution in [3.05, 3.63) is 64.4 Å². The molecule has 4 nitrogen and oxygen atoms in total. The third-order valence-corrected chi connectivity index (χ3v) is 3.74. The van der Waals surface area contributed by atoms with Crippen LogP contribution in [0, 0.1) is 0 Å². The number of alkyl halides is 3. The maximum Gasteiger partial charge on any atom is 0.416 e. The van der Waals surface area contributed by atoms with Crippen LogP contribution in [0.4, 0.5) is 13.2 Å². The fourth-order valence-electron chi connectivity index (χ4n) is 2.24. The summed E-state index contributed by atoms with van der Waals surface area (Å²) in [6, 6.07) is 8.81. The summed E-state index contributed by atoms with van der Waals surface area (Å²) in [6.07, 6.45) is -1.93. The lowest BCUT2D eigenvalue weighted by atomic mass is 10.1. The van der Waals surface area contributed by atoms with Crippen LogP contribution in [0.15, 0.2) is 47.6 Å². The highest BCUT2D eigenvalue weighted by molar-refractivity contribution is 14.0. The summed E-state index contributed by atoms with van der Waals surface area (Å²) in [4.78, 5) is 8.36. The average molecular weight is 513 g/mol. The van der Waals surface area contributed by atoms with Crippen molar-refractivity contribution in [1.82, 2.24) is 15.6 Å². The summed E-state index contributed by atoms with van der Waals surface area (Å²) in [6.45, 7) is 3.33. The highest BCUT2D eigenvalue weighted by Crippen LogP contribution is 2.29. The van der Waals surface area contributed by atoms with E-state index in [-0.39, 0.29) is 30.5 Å². The van der Waals surface area contributed by atoms with Gasteiger partial charge >= 0.3 is 6.18 Å². The lowest BCUT2D eigenvalue weighted by Gasteiger charge is -2.12. The smallest absolute Gasteiger partial charge is 0.357 e. The maximum absolute atomic E-state index is 12.8. The van der Waals surface area contributed by atoms with Crippen molar-refractivity contribution in [2.24, 2.45) is 4.99 Å². The first-order valence-corrected chi connectivity index (χ1v) is 8.55. The van der Waals surface area contributed by atoms with Gasteiger partial charge in [-0.05, 0) is 42.7 Å². The monoisotopic (exact) mass is 512 g/mol. The van der Waals surface area contributed by atoms with Crippen LogP contribution in [0.3, 0.4) is 0 Å². The third-order valence-electron chi connectivity index (χ3n) is 3.51. The van der Waals surface area contributed by atoms with Gasteiger partial charge in [-0.25, -0.2) is 9.98 Å². The number of aliphatic imine (C=N–C) groups is 1. The van der Waals surface area contributed by atoms with Crippen LogP contribution in [0.5, 0.6) is 0 Å². The molecule has 0 atom stereocenters. The van der Waals surface area contributed by atoms with Crippen LogP contribution in [-0.2, 0) is 19.1 Å². The van der Waals surface area contributed by atoms with E-state index in [0.717, 1.165) is 24.1 Å². The molecule has 0 aliphatic carbocycles. The molecule has 0 aliphatic heterocycles. The van der Waals surface area contributed by atoms with Gasteiger partial charge in [-0.15, -0.1) is 24.0 Å². The lowest BCUT2D eigenvalue weighted by Crippen LogP contribution is -2.38. The quantitative estimate of drug-likeness (QED) is 0.256. The first-order chi connectivity index (χ1) is 12.4. The van der Waals surface area contributed by atoms with Gasteiger partial charge < -0.3 is 10.6 Å². The van der Waals surface area contributed by atoms with Crippen molar-refractivity contribution in [3.8, 4) is 0 Å². The number of halogens is 5. The minimum absolute atomic E-state index is 0. The van der Waals surface area contributed by atoms with Crippen LogP contribution in [-0.4, -0.2) is 24.0 Å². The minimum Gasteiger partial charge on any atom is -0.357 e. The van der Waals surface area contributed by atoms with Crippen molar-refractivity contribution in [2.75, 3.05) is 13.1 Å². The fourth-order valence-corrected chi connectivity index (χ4v) is 2.35. The second kappa shape index (κ2) is 11.3. The Bertz CT molecular complexity index is 736. The molecule has 0 aliphatic rings. The number of pyridine rings is 1. The van der Waals surface area contributed by atoms with Gasteiger partial charge in [-0.3, -0.25) is 0 Å². The zero-order valence-electron chi connectivity index (χ0n) is 14.7. The van der Waals surface area contributed by atoms with E-state index in [1.165, 1.54) is 6.07 Å². The maximum atomic E-state index is 12.8. The Morgan fingerprint density at radius 1 is 1.15 bits per heavy atom. The molecule has 148 valence electrons. The van der Waals surface area contributed by atoms with Crippen LogP contribution in [0.1, 0.15) is 23.6 Å². The Labute approximate surface area is 178 Å². The molecule has 27 heavy (non-hydrogen) atoms. The van der Waals surface area contributed by atoms with Crippen molar-refractivity contribution in [2.45, 2.75) is 26.1 Å². The molecule has 0 amide bonds. The van der Waals surface area contributed by atoms with E-state index in [9.17, 15) is 13.2 Å². The molecule has 0 bridgehead atoms. The molecular weight excluding hydrogens is 492 g/mol. The van der Waals surface area contributed by atoms with Gasteiger partial charge in [0, 0.05) is 19.3 Å². The normalized spacial score (nSPS) is 11.7. The van der Waals surface area contributed by atoms with Crippen molar-refractivity contribution < 1.29 is 13.2 Å². The predicted octanol–water partition coefficient (Wildman–Crippen LogP) is 4.67. The van der Waals surface area contributed by atoms with E-state index in [4.69, 9.17) is 11.6 Å². The van der Waals surface area contributed by atoms with E-state index < -0.39 is 11.7 Å². The van der Waals surface area contributed by atoms with Crippen LogP contribution < -0.4 is 10.6 Å². The van der Waals surface area contributed by atoms with Gasteiger partial charge in [0.25, 0.3) is 0 Å². The summed E-state index contributed by atoms with van der Waals surface area (Å²) < 4.78 is 38.3. The van der Waals surface area contributed by atoms with Crippen LogP contribution in [0.25, 0.3) is 0 Å². The summed E-state index contributed by atoms with van der Waals surface area (Å²) >= 11 is 5.75. The lowest BCUT2D eigenvalue weighted by molar-refractivity contribution is -0.137. The number of benzene rings is 1. The number of aromatic nitrogens is 1. The van der Waals surface area contributed by atoms with E-state index in [2.05, 4.69) is 20.6 Å². The molecule has 9 heteroatoms. The van der Waals surface area contributed by atoms with Crippen molar-refractivity contribution >= 4 is 41.5 Å². The Morgan fingerprint density at radius 3 is 2.56 bits per heavy atom. The van der Waals surface area contributed by atoms with E-state index in [1.54, 1.807) is 18.3 Å². The summed E-state index contributed by atoms with van der Waals surface area (Å²) in [5.74, 6) is 0.548. The van der Waals surface area contributed by atoms with Crippen molar-refractivity contribution in [1.29, 1.82) is 0 Å². The molecule has 2 N–H and O–H groups in total. The number of nitrogens with one attached hydrogen (secondary N) is 2. The predicted molar refractivity (Wildman–Crippen MR) is 113 cm³/mol. The van der Waals surface area contributed by atoms with Gasteiger partial charge in [0.05, 0.1) is 12.1 Å². The third kappa shape index (κ3) is 8.34. The molecule has 2 rings (SSSR count). The summed E-state index contributed by atoms with van der Waals surface area (Å²) in [5, 5.41) is 6.67. The topological polar surface area (TPSA) is 49.3 Å². The number of guanidine groups is 1. The molecule has 0 spiro atoms. The van der Waals surface area contributed by atoms with Gasteiger partial charge in [0.2, 0.25) is 0 Å². The zero-order valence-corrected chi connectivity index (χ0v) is 17.8. The number of hydrogen-bond donors (Lipinski definition) is 2. The van der Waals surface area contributed by atoms with Gasteiger partial charge in [0.1, 0.15) is 5.15 Å². The number of rotatable bonds is 6. The Kier molecular flexibility index (Phi) is 9.86. The Balaban J connectivity index is 0.00000364.